The third kappa shape index (κ3) is 8.52. The fourth-order valence-electron chi connectivity index (χ4n) is 3.65. The number of rotatable bonds is 12. The summed E-state index contributed by atoms with van der Waals surface area (Å²) in [4.78, 5) is 18.7. The molecule has 0 amide bonds. The number of carbonyl (C=O) groups excluding carboxylic acids is 1. The molecule has 1 aliphatic heterocycles. The van der Waals surface area contributed by atoms with Gasteiger partial charge in [-0.15, -0.1) is 0 Å². The van der Waals surface area contributed by atoms with Crippen molar-refractivity contribution in [1.82, 2.24) is 4.98 Å². The molecule has 1 fully saturated rings. The van der Waals surface area contributed by atoms with Crippen LogP contribution in [0.5, 0.6) is 0 Å². The summed E-state index contributed by atoms with van der Waals surface area (Å²) in [5, 5.41) is 12.3. The second-order valence-corrected chi connectivity index (χ2v) is 13.9. The van der Waals surface area contributed by atoms with Crippen molar-refractivity contribution >= 4 is 33.2 Å². The smallest absolute Gasteiger partial charge is 0.310 e. The third-order valence-electron chi connectivity index (χ3n) is 5.58. The van der Waals surface area contributed by atoms with Gasteiger partial charge >= 0.3 is 5.97 Å². The fourth-order valence-corrected chi connectivity index (χ4v) is 4.26. The van der Waals surface area contributed by atoms with Gasteiger partial charge in [-0.05, 0) is 55.5 Å². The standard InChI is InChI=1S/C26H38N4O4S/c1-5-34-25(31)17-20-6-7-23(29-19-33-14-15-35(2,3)4)22(16-20)26(27)21-8-9-28-24(18-21)30-10-12-32-13-11-30/h6-9,16,18,27,29H,5,10-15,17,19H2,1-4H3. The molecule has 0 atom stereocenters. The van der Waals surface area contributed by atoms with Crippen LogP contribution in [0, 0.1) is 5.41 Å². The topological polar surface area (TPSA) is 96.8 Å². The van der Waals surface area contributed by atoms with Crippen molar-refractivity contribution in [2.75, 3.05) is 81.0 Å². The van der Waals surface area contributed by atoms with E-state index in [4.69, 9.17) is 19.6 Å². The van der Waals surface area contributed by atoms with Gasteiger partial charge in [-0.2, -0.15) is 0 Å². The van der Waals surface area contributed by atoms with Crippen LogP contribution in [0.3, 0.4) is 0 Å². The van der Waals surface area contributed by atoms with Crippen LogP contribution in [-0.4, -0.2) is 87.4 Å². The molecular weight excluding hydrogens is 464 g/mol. The maximum absolute atomic E-state index is 12.1. The average Bonchev–Trinajstić information content (AvgIpc) is 2.84. The van der Waals surface area contributed by atoms with E-state index >= 15 is 0 Å². The Morgan fingerprint density at radius 2 is 1.97 bits per heavy atom. The predicted molar refractivity (Wildman–Crippen MR) is 145 cm³/mol. The van der Waals surface area contributed by atoms with Gasteiger partial charge in [-0.3, -0.25) is 10.2 Å². The molecule has 0 bridgehead atoms. The number of esters is 1. The number of hydrogen-bond acceptors (Lipinski definition) is 8. The molecule has 0 saturated carbocycles. The molecule has 9 heteroatoms. The number of anilines is 2. The lowest BCUT2D eigenvalue weighted by Crippen LogP contribution is -2.36. The van der Waals surface area contributed by atoms with Crippen molar-refractivity contribution in [2.24, 2.45) is 0 Å². The zero-order valence-corrected chi connectivity index (χ0v) is 22.1. The lowest BCUT2D eigenvalue weighted by Gasteiger charge is -2.28. The first-order chi connectivity index (χ1) is 16.8. The quantitative estimate of drug-likeness (QED) is 0.198. The van der Waals surface area contributed by atoms with E-state index in [1.54, 1.807) is 13.1 Å². The highest BCUT2D eigenvalue weighted by Crippen LogP contribution is 2.33. The van der Waals surface area contributed by atoms with Gasteiger partial charge in [0, 0.05) is 41.9 Å². The van der Waals surface area contributed by atoms with Gasteiger partial charge in [-0.25, -0.2) is 15.0 Å². The summed E-state index contributed by atoms with van der Waals surface area (Å²) in [5.74, 6) is 1.59. The van der Waals surface area contributed by atoms with E-state index in [9.17, 15) is 4.79 Å². The van der Waals surface area contributed by atoms with Crippen molar-refractivity contribution in [1.29, 1.82) is 5.41 Å². The first-order valence-electron chi connectivity index (χ1n) is 11.9. The lowest BCUT2D eigenvalue weighted by atomic mass is 9.98. The van der Waals surface area contributed by atoms with E-state index in [1.165, 1.54) is 0 Å². The Morgan fingerprint density at radius 1 is 1.20 bits per heavy atom. The molecule has 0 spiro atoms. The van der Waals surface area contributed by atoms with E-state index in [-0.39, 0.29) is 12.4 Å². The molecule has 1 aliphatic rings. The average molecular weight is 503 g/mol. The van der Waals surface area contributed by atoms with Crippen LogP contribution in [0.15, 0.2) is 36.5 Å². The zero-order chi connectivity index (χ0) is 25.3. The Hall–Kier alpha value is -2.62. The summed E-state index contributed by atoms with van der Waals surface area (Å²) in [6.07, 6.45) is 8.71. The molecule has 192 valence electrons. The highest BCUT2D eigenvalue weighted by Gasteiger charge is 2.17. The number of nitrogens with one attached hydrogen (secondary N) is 2. The van der Waals surface area contributed by atoms with Crippen LogP contribution in [-0.2, 0) is 25.4 Å². The highest BCUT2D eigenvalue weighted by atomic mass is 32.3. The summed E-state index contributed by atoms with van der Waals surface area (Å²) in [7, 11) is -0.611. The van der Waals surface area contributed by atoms with Gasteiger partial charge in [0.25, 0.3) is 0 Å². The van der Waals surface area contributed by atoms with E-state index in [1.807, 2.05) is 30.3 Å². The summed E-state index contributed by atoms with van der Waals surface area (Å²) in [6.45, 7) is 6.07. The molecule has 2 aromatic rings. The number of aromatic nitrogens is 1. The number of ether oxygens (including phenoxy) is 3. The van der Waals surface area contributed by atoms with Crippen LogP contribution in [0.4, 0.5) is 11.5 Å². The van der Waals surface area contributed by atoms with Crippen LogP contribution >= 0.6 is 10.0 Å². The molecular formula is C26H38N4O4S. The molecule has 1 saturated heterocycles. The van der Waals surface area contributed by atoms with Gasteiger partial charge in [0.15, 0.2) is 0 Å². The maximum Gasteiger partial charge on any atom is 0.310 e. The largest absolute Gasteiger partial charge is 0.466 e. The third-order valence-corrected chi connectivity index (χ3v) is 6.97. The van der Waals surface area contributed by atoms with Crippen LogP contribution in [0.1, 0.15) is 23.6 Å². The summed E-state index contributed by atoms with van der Waals surface area (Å²) in [6, 6.07) is 9.46. The van der Waals surface area contributed by atoms with Crippen LogP contribution < -0.4 is 10.2 Å². The molecule has 35 heavy (non-hydrogen) atoms. The van der Waals surface area contributed by atoms with Crippen molar-refractivity contribution in [2.45, 2.75) is 13.3 Å². The van der Waals surface area contributed by atoms with Crippen molar-refractivity contribution in [3.05, 3.63) is 53.2 Å². The minimum Gasteiger partial charge on any atom is -0.466 e. The minimum atomic E-state index is -0.611. The number of nitrogens with zero attached hydrogens (tertiary/aromatic N) is 2. The number of morpholine rings is 1. The second kappa shape index (κ2) is 12.9. The summed E-state index contributed by atoms with van der Waals surface area (Å²) in [5.41, 5.74) is 3.41. The molecule has 8 nitrogen and oxygen atoms in total. The zero-order valence-electron chi connectivity index (χ0n) is 21.3. The molecule has 0 unspecified atom stereocenters. The number of carbonyl (C=O) groups is 1. The lowest BCUT2D eigenvalue weighted by molar-refractivity contribution is -0.142. The SMILES string of the molecule is CCOC(=O)Cc1ccc(NCOCCS(C)(C)C)c(C(=N)c2ccnc(N3CCOCC3)c2)c1. The summed E-state index contributed by atoms with van der Waals surface area (Å²) >= 11 is 0. The molecule has 0 aliphatic carbocycles. The van der Waals surface area contributed by atoms with Gasteiger partial charge in [0.2, 0.25) is 0 Å². The normalized spacial score (nSPS) is 14.5. The van der Waals surface area contributed by atoms with Crippen molar-refractivity contribution in [3.8, 4) is 0 Å². The van der Waals surface area contributed by atoms with Gasteiger partial charge < -0.3 is 24.4 Å². The number of benzene rings is 1. The molecule has 1 aromatic carbocycles. The molecule has 2 N–H and O–H groups in total. The van der Waals surface area contributed by atoms with Gasteiger partial charge in [-0.1, -0.05) is 6.07 Å². The Labute approximate surface area is 210 Å². The van der Waals surface area contributed by atoms with E-state index < -0.39 is 10.0 Å². The van der Waals surface area contributed by atoms with E-state index in [2.05, 4.69) is 34.0 Å². The highest BCUT2D eigenvalue weighted by molar-refractivity contribution is 8.32. The predicted octanol–water partition coefficient (Wildman–Crippen LogP) is 3.52. The summed E-state index contributed by atoms with van der Waals surface area (Å²) < 4.78 is 16.4. The minimum absolute atomic E-state index is 0.161. The van der Waals surface area contributed by atoms with Gasteiger partial charge in [0.05, 0.1) is 38.6 Å². The molecule has 0 radical (unpaired) electrons. The van der Waals surface area contributed by atoms with Crippen molar-refractivity contribution in [3.63, 3.8) is 0 Å². The Bertz CT molecular complexity index is 1000. The number of pyridine rings is 1. The molecule has 1 aromatic heterocycles. The monoisotopic (exact) mass is 502 g/mol. The maximum atomic E-state index is 12.1. The Balaban J connectivity index is 1.80. The number of hydrogen-bond donors (Lipinski definition) is 2. The molecule has 3 rings (SSSR count). The Kier molecular flexibility index (Phi) is 9.94. The second-order valence-electron chi connectivity index (χ2n) is 9.26. The Morgan fingerprint density at radius 3 is 2.69 bits per heavy atom. The van der Waals surface area contributed by atoms with Crippen molar-refractivity contribution < 1.29 is 19.0 Å². The first kappa shape index (κ1) is 27.0. The first-order valence-corrected chi connectivity index (χ1v) is 14.9. The van der Waals surface area contributed by atoms with Crippen LogP contribution in [0.25, 0.3) is 0 Å². The van der Waals surface area contributed by atoms with E-state index in [0.29, 0.717) is 44.4 Å². The van der Waals surface area contributed by atoms with Gasteiger partial charge in [0.1, 0.15) is 12.5 Å². The molecule has 2 heterocycles. The van der Waals surface area contributed by atoms with E-state index in [0.717, 1.165) is 41.5 Å². The van der Waals surface area contributed by atoms with Crippen LogP contribution in [0.2, 0.25) is 0 Å². The fraction of sp³-hybridized carbons (Fsp3) is 0.500.